The number of benzene rings is 2. The summed E-state index contributed by atoms with van der Waals surface area (Å²) in [6.07, 6.45) is 0. The summed E-state index contributed by atoms with van der Waals surface area (Å²) in [5, 5.41) is 24.3. The molecule has 0 bridgehead atoms. The zero-order valence-corrected chi connectivity index (χ0v) is 15.9. The molecule has 0 fully saturated rings. The number of nitro benzene ring substituents is 1. The predicted octanol–water partition coefficient (Wildman–Crippen LogP) is 0.773. The Morgan fingerprint density at radius 1 is 1.16 bits per heavy atom. The molecule has 1 aliphatic rings. The van der Waals surface area contributed by atoms with E-state index in [2.05, 4.69) is 10.6 Å². The molecule has 0 aliphatic carbocycles. The van der Waals surface area contributed by atoms with Gasteiger partial charge in [-0.05, 0) is 30.3 Å². The first-order valence-electron chi connectivity index (χ1n) is 8.87. The molecule has 2 amide bonds. The summed E-state index contributed by atoms with van der Waals surface area (Å²) in [7, 11) is 0. The van der Waals surface area contributed by atoms with Crippen LogP contribution in [0.2, 0.25) is 0 Å². The Bertz CT molecular complexity index is 1070. The second kappa shape index (κ2) is 8.90. The number of non-ortho nitro benzene ring substituents is 1. The zero-order chi connectivity index (χ0) is 22.5. The van der Waals surface area contributed by atoms with E-state index < -0.39 is 35.2 Å². The predicted molar refractivity (Wildman–Crippen MR) is 106 cm³/mol. The fourth-order valence-electron chi connectivity index (χ4n) is 2.83. The van der Waals surface area contributed by atoms with Gasteiger partial charge in [0.15, 0.2) is 5.75 Å². The van der Waals surface area contributed by atoms with Crippen LogP contribution in [-0.4, -0.2) is 53.4 Å². The lowest BCUT2D eigenvalue weighted by atomic mass is 10.2. The third-order valence-electron chi connectivity index (χ3n) is 4.20. The average molecular weight is 428 g/mol. The molecule has 2 aromatic carbocycles. The molecule has 0 atom stereocenters. The van der Waals surface area contributed by atoms with Crippen LogP contribution < -0.4 is 20.3 Å². The highest BCUT2D eigenvalue weighted by Gasteiger charge is 2.27. The van der Waals surface area contributed by atoms with Gasteiger partial charge in [0.25, 0.3) is 11.6 Å². The van der Waals surface area contributed by atoms with Crippen LogP contribution in [0.3, 0.4) is 0 Å². The fourth-order valence-corrected chi connectivity index (χ4v) is 2.83. The number of amides is 2. The van der Waals surface area contributed by atoms with Crippen molar-refractivity contribution in [3.63, 3.8) is 0 Å². The Morgan fingerprint density at radius 2 is 1.87 bits per heavy atom. The average Bonchev–Trinajstić information content (AvgIpc) is 2.71. The quantitative estimate of drug-likeness (QED) is 0.250. The lowest BCUT2D eigenvalue weighted by Gasteiger charge is -2.28. The summed E-state index contributed by atoms with van der Waals surface area (Å²) in [5.74, 6) is -2.87. The zero-order valence-electron chi connectivity index (χ0n) is 15.9. The summed E-state index contributed by atoms with van der Waals surface area (Å²) in [4.78, 5) is 58.2. The van der Waals surface area contributed by atoms with Crippen LogP contribution in [0.5, 0.6) is 5.75 Å². The van der Waals surface area contributed by atoms with Crippen molar-refractivity contribution in [1.29, 1.82) is 0 Å². The number of carbonyl (C=O) groups is 4. The Balaban J connectivity index is 1.65. The van der Waals surface area contributed by atoms with E-state index in [0.29, 0.717) is 11.4 Å². The summed E-state index contributed by atoms with van der Waals surface area (Å²) in [6.45, 7) is -0.943. The van der Waals surface area contributed by atoms with Gasteiger partial charge in [0.1, 0.15) is 13.1 Å². The number of esters is 1. The van der Waals surface area contributed by atoms with Crippen LogP contribution in [0, 0.1) is 10.1 Å². The van der Waals surface area contributed by atoms with Gasteiger partial charge in [-0.2, -0.15) is 0 Å². The molecule has 1 aliphatic heterocycles. The van der Waals surface area contributed by atoms with Crippen LogP contribution in [0.25, 0.3) is 0 Å². The molecule has 31 heavy (non-hydrogen) atoms. The van der Waals surface area contributed by atoms with Gasteiger partial charge in [0.05, 0.1) is 23.2 Å². The number of carboxylic acids is 1. The normalized spacial score (nSPS) is 12.4. The van der Waals surface area contributed by atoms with Gasteiger partial charge < -0.3 is 25.4 Å². The molecule has 0 saturated heterocycles. The van der Waals surface area contributed by atoms with Crippen molar-refractivity contribution in [3.8, 4) is 5.75 Å². The van der Waals surface area contributed by atoms with Gasteiger partial charge in [-0.3, -0.25) is 24.5 Å². The number of anilines is 2. The second-order valence-electron chi connectivity index (χ2n) is 6.44. The minimum atomic E-state index is -1.17. The van der Waals surface area contributed by atoms with E-state index in [0.717, 1.165) is 6.07 Å². The van der Waals surface area contributed by atoms with E-state index in [-0.39, 0.29) is 30.1 Å². The van der Waals surface area contributed by atoms with Crippen LogP contribution in [0.1, 0.15) is 10.4 Å². The van der Waals surface area contributed by atoms with Gasteiger partial charge in [-0.1, -0.05) is 0 Å². The van der Waals surface area contributed by atoms with Gasteiger partial charge in [-0.15, -0.1) is 0 Å². The number of carbonyl (C=O) groups excluding carboxylic acids is 3. The van der Waals surface area contributed by atoms with Crippen LogP contribution in [-0.2, 0) is 14.4 Å². The lowest BCUT2D eigenvalue weighted by molar-refractivity contribution is -0.384. The molecule has 0 spiro atoms. The SMILES string of the molecule is O=C(O)CNC(=O)c1ccc(NC(=O)CN2CC(=O)Oc3cc([N+](=O)[O-])ccc32)cc1. The first kappa shape index (κ1) is 21.2. The summed E-state index contributed by atoms with van der Waals surface area (Å²) in [5.41, 5.74) is 0.716. The molecular formula is C19H16N4O8. The minimum absolute atomic E-state index is 0.00465. The molecular weight excluding hydrogens is 412 g/mol. The minimum Gasteiger partial charge on any atom is -0.480 e. The van der Waals surface area contributed by atoms with Crippen LogP contribution in [0.15, 0.2) is 42.5 Å². The molecule has 2 aromatic rings. The van der Waals surface area contributed by atoms with Gasteiger partial charge in [0.2, 0.25) is 5.91 Å². The maximum atomic E-state index is 12.4. The monoisotopic (exact) mass is 428 g/mol. The number of carboxylic acid groups (broad SMARTS) is 1. The van der Waals surface area contributed by atoms with E-state index in [1.807, 2.05) is 0 Å². The van der Waals surface area contributed by atoms with Gasteiger partial charge >= 0.3 is 11.9 Å². The number of ether oxygens (including phenoxy) is 1. The van der Waals surface area contributed by atoms with E-state index in [9.17, 15) is 29.3 Å². The molecule has 0 saturated carbocycles. The second-order valence-corrected chi connectivity index (χ2v) is 6.44. The topological polar surface area (TPSA) is 168 Å². The van der Waals surface area contributed by atoms with E-state index in [1.54, 1.807) is 0 Å². The Morgan fingerprint density at radius 3 is 2.52 bits per heavy atom. The highest BCUT2D eigenvalue weighted by molar-refractivity contribution is 5.98. The summed E-state index contributed by atoms with van der Waals surface area (Å²) >= 11 is 0. The van der Waals surface area contributed by atoms with Crippen molar-refractivity contribution < 1.29 is 33.9 Å². The van der Waals surface area contributed by atoms with E-state index in [1.165, 1.54) is 41.3 Å². The molecule has 160 valence electrons. The standard InChI is InChI=1S/C19H16N4O8/c24-16(21-12-3-1-11(2-4-12)19(28)20-8-17(25)26)9-22-10-18(27)31-15-7-13(23(29)30)5-6-14(15)22/h1-7H,8-10H2,(H,20,28)(H,21,24)(H,25,26). The van der Waals surface area contributed by atoms with Crippen molar-refractivity contribution in [3.05, 3.63) is 58.1 Å². The largest absolute Gasteiger partial charge is 0.480 e. The first-order valence-corrected chi connectivity index (χ1v) is 8.87. The Hall–Kier alpha value is -4.48. The summed E-state index contributed by atoms with van der Waals surface area (Å²) < 4.78 is 5.03. The maximum Gasteiger partial charge on any atom is 0.331 e. The number of rotatable bonds is 7. The van der Waals surface area contributed by atoms with Crippen LogP contribution in [0.4, 0.5) is 17.1 Å². The van der Waals surface area contributed by atoms with E-state index >= 15 is 0 Å². The highest BCUT2D eigenvalue weighted by Crippen LogP contribution is 2.35. The molecule has 0 radical (unpaired) electrons. The van der Waals surface area contributed by atoms with Crippen LogP contribution >= 0.6 is 0 Å². The Kier molecular flexibility index (Phi) is 6.10. The number of hydrogen-bond acceptors (Lipinski definition) is 8. The number of nitrogens with one attached hydrogen (secondary N) is 2. The maximum absolute atomic E-state index is 12.4. The van der Waals surface area contributed by atoms with Crippen molar-refractivity contribution >= 4 is 40.8 Å². The third-order valence-corrected chi connectivity index (χ3v) is 4.20. The summed E-state index contributed by atoms with van der Waals surface area (Å²) in [6, 6.07) is 9.53. The lowest BCUT2D eigenvalue weighted by Crippen LogP contribution is -2.41. The third kappa shape index (κ3) is 5.32. The Labute approximate surface area is 174 Å². The fraction of sp³-hybridized carbons (Fsp3) is 0.158. The molecule has 12 heteroatoms. The molecule has 0 unspecified atom stereocenters. The molecule has 0 aromatic heterocycles. The van der Waals surface area contributed by atoms with E-state index in [4.69, 9.17) is 9.84 Å². The molecule has 12 nitrogen and oxygen atoms in total. The van der Waals surface area contributed by atoms with Gasteiger partial charge in [0, 0.05) is 17.3 Å². The number of nitro groups is 1. The van der Waals surface area contributed by atoms with Crippen molar-refractivity contribution in [2.75, 3.05) is 29.9 Å². The van der Waals surface area contributed by atoms with Crippen molar-refractivity contribution in [2.45, 2.75) is 0 Å². The molecule has 3 rings (SSSR count). The first-order chi connectivity index (χ1) is 14.7. The molecule has 3 N–H and O–H groups in total. The highest BCUT2D eigenvalue weighted by atomic mass is 16.6. The number of nitrogens with zero attached hydrogens (tertiary/aromatic N) is 2. The van der Waals surface area contributed by atoms with Gasteiger partial charge in [-0.25, -0.2) is 4.79 Å². The number of hydrogen-bond donors (Lipinski definition) is 3. The van der Waals surface area contributed by atoms with Crippen molar-refractivity contribution in [1.82, 2.24) is 5.32 Å². The van der Waals surface area contributed by atoms with Crippen molar-refractivity contribution in [2.24, 2.45) is 0 Å². The smallest absolute Gasteiger partial charge is 0.331 e. The number of fused-ring (bicyclic) bond motifs is 1. The number of aliphatic carboxylic acids is 1. The molecule has 1 heterocycles.